The van der Waals surface area contributed by atoms with Gasteiger partial charge in [0.25, 0.3) is 5.56 Å². The third-order valence-electron chi connectivity index (χ3n) is 2.43. The van der Waals surface area contributed by atoms with Crippen LogP contribution in [-0.4, -0.2) is 9.97 Å². The zero-order valence-electron chi connectivity index (χ0n) is 10.2. The van der Waals surface area contributed by atoms with Crippen LogP contribution in [0.1, 0.15) is 18.5 Å². The molecule has 1 aromatic heterocycles. The standard InChI is InChI=1S/C12H13BrN4OS/c1-6(14)7-2-3-9(8(13)4-7)19-12-16-10(15)5-11(18)17-12/h2-6H,14H2,1H3,(H3,15,16,17,18)/t6-/m0/s1. The SMILES string of the molecule is C[C@H](N)c1ccc(Sc2nc(N)cc(=O)[nH]2)c(Br)c1. The fourth-order valence-electron chi connectivity index (χ4n) is 1.49. The molecule has 0 bridgehead atoms. The smallest absolute Gasteiger partial charge is 0.253 e. The maximum atomic E-state index is 11.3. The largest absolute Gasteiger partial charge is 0.383 e. The second-order valence-corrected chi connectivity index (χ2v) is 5.94. The van der Waals surface area contributed by atoms with Gasteiger partial charge in [-0.1, -0.05) is 17.8 Å². The summed E-state index contributed by atoms with van der Waals surface area (Å²) in [5, 5.41) is 0.458. The Hall–Kier alpha value is -1.31. The quantitative estimate of drug-likeness (QED) is 0.744. The number of halogens is 1. The molecule has 19 heavy (non-hydrogen) atoms. The highest BCUT2D eigenvalue weighted by Gasteiger charge is 2.08. The van der Waals surface area contributed by atoms with Crippen molar-refractivity contribution >= 4 is 33.5 Å². The van der Waals surface area contributed by atoms with Gasteiger partial charge in [-0.05, 0) is 40.5 Å². The van der Waals surface area contributed by atoms with Crippen LogP contribution in [0.5, 0.6) is 0 Å². The van der Waals surface area contributed by atoms with Crippen LogP contribution in [0, 0.1) is 0 Å². The molecule has 1 heterocycles. The minimum Gasteiger partial charge on any atom is -0.383 e. The van der Waals surface area contributed by atoms with Crippen LogP contribution in [0.2, 0.25) is 0 Å². The fourth-order valence-corrected chi connectivity index (χ4v) is 2.93. The highest BCUT2D eigenvalue weighted by molar-refractivity contribution is 9.10. The van der Waals surface area contributed by atoms with E-state index in [1.807, 2.05) is 25.1 Å². The first-order chi connectivity index (χ1) is 8.95. The summed E-state index contributed by atoms with van der Waals surface area (Å²) >= 11 is 4.81. The molecule has 0 aliphatic carbocycles. The van der Waals surface area contributed by atoms with Gasteiger partial charge in [-0.15, -0.1) is 0 Å². The van der Waals surface area contributed by atoms with E-state index in [0.29, 0.717) is 5.16 Å². The minimum absolute atomic E-state index is 0.0272. The average molecular weight is 341 g/mol. The number of anilines is 1. The number of hydrogen-bond acceptors (Lipinski definition) is 5. The molecule has 0 spiro atoms. The van der Waals surface area contributed by atoms with Crippen molar-refractivity contribution in [3.05, 3.63) is 44.7 Å². The van der Waals surface area contributed by atoms with Gasteiger partial charge in [0, 0.05) is 21.5 Å². The number of H-pyrrole nitrogens is 1. The highest BCUT2D eigenvalue weighted by Crippen LogP contribution is 2.32. The molecule has 0 unspecified atom stereocenters. The van der Waals surface area contributed by atoms with Gasteiger partial charge in [-0.3, -0.25) is 4.79 Å². The van der Waals surface area contributed by atoms with Crippen LogP contribution < -0.4 is 17.0 Å². The fraction of sp³-hybridized carbons (Fsp3) is 0.167. The molecule has 2 rings (SSSR count). The molecule has 2 aromatic rings. The van der Waals surface area contributed by atoms with Gasteiger partial charge in [0.1, 0.15) is 5.82 Å². The summed E-state index contributed by atoms with van der Waals surface area (Å²) in [5.74, 6) is 0.203. The number of aromatic nitrogens is 2. The topological polar surface area (TPSA) is 97.8 Å². The Bertz CT molecular complexity index is 656. The molecular weight excluding hydrogens is 328 g/mol. The van der Waals surface area contributed by atoms with Crippen molar-refractivity contribution in [2.75, 3.05) is 5.73 Å². The van der Waals surface area contributed by atoms with Gasteiger partial charge in [-0.25, -0.2) is 4.98 Å². The summed E-state index contributed by atoms with van der Waals surface area (Å²) in [6.45, 7) is 1.92. The lowest BCUT2D eigenvalue weighted by molar-refractivity contribution is 0.815. The first kappa shape index (κ1) is 14.1. The van der Waals surface area contributed by atoms with Crippen molar-refractivity contribution in [2.45, 2.75) is 23.0 Å². The van der Waals surface area contributed by atoms with Gasteiger partial charge < -0.3 is 16.5 Å². The van der Waals surface area contributed by atoms with E-state index in [2.05, 4.69) is 25.9 Å². The molecule has 1 atom stereocenters. The van der Waals surface area contributed by atoms with E-state index in [1.54, 1.807) is 0 Å². The lowest BCUT2D eigenvalue weighted by Crippen LogP contribution is -2.09. The summed E-state index contributed by atoms with van der Waals surface area (Å²) < 4.78 is 0.900. The zero-order chi connectivity index (χ0) is 14.0. The lowest BCUT2D eigenvalue weighted by Gasteiger charge is -2.09. The van der Waals surface area contributed by atoms with Crippen molar-refractivity contribution in [1.29, 1.82) is 0 Å². The molecule has 0 aliphatic heterocycles. The van der Waals surface area contributed by atoms with E-state index in [-0.39, 0.29) is 17.4 Å². The van der Waals surface area contributed by atoms with Crippen molar-refractivity contribution < 1.29 is 0 Å². The third-order valence-corrected chi connectivity index (χ3v) is 4.31. The Kier molecular flexibility index (Phi) is 4.28. The molecule has 0 saturated heterocycles. The molecule has 5 nitrogen and oxygen atoms in total. The maximum absolute atomic E-state index is 11.3. The molecule has 0 radical (unpaired) electrons. The Labute approximate surface area is 122 Å². The van der Waals surface area contributed by atoms with Gasteiger partial charge in [0.15, 0.2) is 5.16 Å². The number of nitrogens with zero attached hydrogens (tertiary/aromatic N) is 1. The lowest BCUT2D eigenvalue weighted by atomic mass is 10.1. The third kappa shape index (κ3) is 3.59. The monoisotopic (exact) mass is 340 g/mol. The summed E-state index contributed by atoms with van der Waals surface area (Å²) in [6.07, 6.45) is 0. The number of rotatable bonds is 3. The van der Waals surface area contributed by atoms with Gasteiger partial charge >= 0.3 is 0 Å². The molecule has 0 aliphatic rings. The van der Waals surface area contributed by atoms with E-state index in [1.165, 1.54) is 17.8 Å². The van der Waals surface area contributed by atoms with E-state index >= 15 is 0 Å². The van der Waals surface area contributed by atoms with Crippen molar-refractivity contribution in [3.63, 3.8) is 0 Å². The van der Waals surface area contributed by atoms with Gasteiger partial charge in [-0.2, -0.15) is 0 Å². The van der Waals surface area contributed by atoms with Crippen LogP contribution in [0.25, 0.3) is 0 Å². The number of benzene rings is 1. The van der Waals surface area contributed by atoms with E-state index < -0.39 is 0 Å². The predicted molar refractivity (Wildman–Crippen MR) is 80.1 cm³/mol. The van der Waals surface area contributed by atoms with Crippen molar-refractivity contribution in [1.82, 2.24) is 9.97 Å². The van der Waals surface area contributed by atoms with Crippen molar-refractivity contribution in [2.24, 2.45) is 5.73 Å². The maximum Gasteiger partial charge on any atom is 0.253 e. The Morgan fingerprint density at radius 1 is 1.42 bits per heavy atom. The number of nitrogens with one attached hydrogen (secondary N) is 1. The first-order valence-corrected chi connectivity index (χ1v) is 7.16. The molecule has 0 amide bonds. The second-order valence-electron chi connectivity index (χ2n) is 4.06. The molecule has 5 N–H and O–H groups in total. The number of hydrogen-bond donors (Lipinski definition) is 3. The van der Waals surface area contributed by atoms with Crippen molar-refractivity contribution in [3.8, 4) is 0 Å². The van der Waals surface area contributed by atoms with Crippen LogP contribution in [0.3, 0.4) is 0 Å². The summed E-state index contributed by atoms with van der Waals surface area (Å²) in [4.78, 5) is 18.9. The first-order valence-electron chi connectivity index (χ1n) is 5.55. The molecule has 7 heteroatoms. The van der Waals surface area contributed by atoms with E-state index in [0.717, 1.165) is 14.9 Å². The molecule has 100 valence electrons. The second kappa shape index (κ2) is 5.77. The van der Waals surface area contributed by atoms with E-state index in [4.69, 9.17) is 11.5 Å². The summed E-state index contributed by atoms with van der Waals surface area (Å²) in [5.41, 5.74) is 12.1. The van der Waals surface area contributed by atoms with Crippen LogP contribution in [0.15, 0.2) is 43.6 Å². The summed E-state index contributed by atoms with van der Waals surface area (Å²) in [6, 6.07) is 7.05. The Morgan fingerprint density at radius 3 is 2.74 bits per heavy atom. The van der Waals surface area contributed by atoms with Crippen LogP contribution >= 0.6 is 27.7 Å². The van der Waals surface area contributed by atoms with Gasteiger partial charge in [0.2, 0.25) is 0 Å². The zero-order valence-corrected chi connectivity index (χ0v) is 12.6. The minimum atomic E-state index is -0.265. The molecule has 0 saturated carbocycles. The Morgan fingerprint density at radius 2 is 2.16 bits per heavy atom. The highest BCUT2D eigenvalue weighted by atomic mass is 79.9. The van der Waals surface area contributed by atoms with Crippen LogP contribution in [-0.2, 0) is 0 Å². The molecular formula is C12H13BrN4OS. The number of nitrogen functional groups attached to an aromatic ring is 1. The Balaban J connectivity index is 2.30. The number of aromatic amines is 1. The number of nitrogens with two attached hydrogens (primary N) is 2. The predicted octanol–water partition coefficient (Wildman–Crippen LogP) is 2.29. The summed E-state index contributed by atoms with van der Waals surface area (Å²) in [7, 11) is 0. The average Bonchev–Trinajstić information content (AvgIpc) is 2.30. The normalized spacial score (nSPS) is 12.4. The van der Waals surface area contributed by atoms with Crippen LogP contribution in [0.4, 0.5) is 5.82 Å². The molecule has 1 aromatic carbocycles. The molecule has 0 fully saturated rings. The van der Waals surface area contributed by atoms with E-state index in [9.17, 15) is 4.79 Å². The van der Waals surface area contributed by atoms with Gasteiger partial charge in [0.05, 0.1) is 0 Å².